The zero-order valence-corrected chi connectivity index (χ0v) is 15.0. The van der Waals surface area contributed by atoms with E-state index in [9.17, 15) is 4.79 Å². The molecule has 3 aromatic rings. The smallest absolute Gasteiger partial charge is 0.225 e. The van der Waals surface area contributed by atoms with Crippen LogP contribution in [0, 0.1) is 17.1 Å². The predicted octanol–water partition coefficient (Wildman–Crippen LogP) is 3.31. The fraction of sp³-hybridized carbons (Fsp3) is 0.235. The van der Waals surface area contributed by atoms with Crippen molar-refractivity contribution in [3.8, 4) is 23.0 Å². The van der Waals surface area contributed by atoms with Crippen molar-refractivity contribution in [3.05, 3.63) is 46.4 Å². The Morgan fingerprint density at radius 2 is 2.36 bits per heavy atom. The third-order valence-corrected chi connectivity index (χ3v) is 4.79. The second-order valence-electron chi connectivity index (χ2n) is 5.26. The molecule has 0 saturated heterocycles. The molecule has 8 heteroatoms. The molecule has 3 aromatic heterocycles. The molecule has 0 spiro atoms. The van der Waals surface area contributed by atoms with E-state index >= 15 is 0 Å². The van der Waals surface area contributed by atoms with E-state index in [1.54, 1.807) is 28.6 Å². The van der Waals surface area contributed by atoms with Gasteiger partial charge in [0.05, 0.1) is 24.2 Å². The van der Waals surface area contributed by atoms with Gasteiger partial charge in [-0.1, -0.05) is 12.0 Å². The molecule has 25 heavy (non-hydrogen) atoms. The highest BCUT2D eigenvalue weighted by molar-refractivity contribution is 7.71. The number of aromatic nitrogens is 3. The molecule has 0 aromatic carbocycles. The molecule has 0 aliphatic rings. The summed E-state index contributed by atoms with van der Waals surface area (Å²) in [6.45, 7) is 1.01. The van der Waals surface area contributed by atoms with E-state index in [-0.39, 0.29) is 18.9 Å². The van der Waals surface area contributed by atoms with E-state index in [2.05, 4.69) is 16.1 Å². The minimum Gasteiger partial charge on any atom is -0.467 e. The van der Waals surface area contributed by atoms with Crippen LogP contribution in [0.15, 0.2) is 40.3 Å². The summed E-state index contributed by atoms with van der Waals surface area (Å²) in [5.74, 6) is 3.89. The average Bonchev–Trinajstić information content (AvgIpc) is 3.34. The molecule has 0 unspecified atom stereocenters. The summed E-state index contributed by atoms with van der Waals surface area (Å²) < 4.78 is 7.62. The molecule has 0 radical (unpaired) electrons. The molecule has 128 valence electrons. The van der Waals surface area contributed by atoms with Crippen molar-refractivity contribution < 1.29 is 9.21 Å². The topological polar surface area (TPSA) is 67.1 Å². The summed E-state index contributed by atoms with van der Waals surface area (Å²) in [5, 5.41) is 9.03. The normalized spacial score (nSPS) is 10.5. The first-order valence-corrected chi connectivity index (χ1v) is 8.90. The third kappa shape index (κ3) is 4.07. The Labute approximate surface area is 154 Å². The Kier molecular flexibility index (Phi) is 5.48. The van der Waals surface area contributed by atoms with Gasteiger partial charge in [-0.15, -0.1) is 17.8 Å². The first-order chi connectivity index (χ1) is 12.2. The molecule has 3 rings (SSSR count). The zero-order valence-electron chi connectivity index (χ0n) is 13.3. The quantitative estimate of drug-likeness (QED) is 0.510. The van der Waals surface area contributed by atoms with Gasteiger partial charge in [0.2, 0.25) is 5.91 Å². The Morgan fingerprint density at radius 1 is 1.48 bits per heavy atom. The van der Waals surface area contributed by atoms with Crippen molar-refractivity contribution in [2.24, 2.45) is 0 Å². The number of aromatic amines is 1. The summed E-state index contributed by atoms with van der Waals surface area (Å²) in [4.78, 5) is 15.2. The second-order valence-corrected chi connectivity index (χ2v) is 6.60. The van der Waals surface area contributed by atoms with Crippen molar-refractivity contribution in [2.45, 2.75) is 19.5 Å². The van der Waals surface area contributed by atoms with Gasteiger partial charge in [0.15, 0.2) is 10.6 Å². The first kappa shape index (κ1) is 17.2. The fourth-order valence-electron chi connectivity index (χ4n) is 2.42. The number of nitrogens with zero attached hydrogens (tertiary/aromatic N) is 3. The predicted molar refractivity (Wildman–Crippen MR) is 98.3 cm³/mol. The average molecular weight is 372 g/mol. The summed E-state index contributed by atoms with van der Waals surface area (Å²) in [6.07, 6.45) is 7.24. The number of hydrogen-bond acceptors (Lipinski definition) is 5. The van der Waals surface area contributed by atoms with Crippen molar-refractivity contribution in [2.75, 3.05) is 6.54 Å². The molecule has 0 bridgehead atoms. The zero-order chi connectivity index (χ0) is 17.6. The highest BCUT2D eigenvalue weighted by Crippen LogP contribution is 2.23. The monoisotopic (exact) mass is 372 g/mol. The van der Waals surface area contributed by atoms with Crippen LogP contribution in [0.2, 0.25) is 0 Å². The second kappa shape index (κ2) is 7.96. The number of hydrogen-bond donors (Lipinski definition) is 1. The Balaban J connectivity index is 1.70. The van der Waals surface area contributed by atoms with Gasteiger partial charge in [-0.2, -0.15) is 5.10 Å². The van der Waals surface area contributed by atoms with Crippen LogP contribution >= 0.6 is 23.6 Å². The maximum absolute atomic E-state index is 12.6. The van der Waals surface area contributed by atoms with Crippen molar-refractivity contribution >= 4 is 29.5 Å². The number of carbonyl (C=O) groups is 1. The maximum Gasteiger partial charge on any atom is 0.225 e. The van der Waals surface area contributed by atoms with E-state index in [1.807, 2.05) is 28.1 Å². The van der Waals surface area contributed by atoms with Crippen LogP contribution in [0.1, 0.15) is 12.2 Å². The largest absolute Gasteiger partial charge is 0.467 e. The van der Waals surface area contributed by atoms with Gasteiger partial charge in [0, 0.05) is 13.0 Å². The number of H-pyrrole nitrogens is 1. The molecular weight excluding hydrogens is 356 g/mol. The molecule has 1 N–H and O–H groups in total. The van der Waals surface area contributed by atoms with Crippen LogP contribution < -0.4 is 0 Å². The lowest BCUT2D eigenvalue weighted by Gasteiger charge is -2.19. The first-order valence-electron chi connectivity index (χ1n) is 7.61. The van der Waals surface area contributed by atoms with E-state index in [4.69, 9.17) is 23.1 Å². The Bertz CT molecular complexity index is 917. The highest BCUT2D eigenvalue weighted by Gasteiger charge is 2.16. The molecule has 1 amide bonds. The van der Waals surface area contributed by atoms with Gasteiger partial charge < -0.3 is 9.32 Å². The minimum absolute atomic E-state index is 0.0606. The van der Waals surface area contributed by atoms with Crippen LogP contribution in [0.3, 0.4) is 0 Å². The van der Waals surface area contributed by atoms with Gasteiger partial charge in [0.25, 0.3) is 0 Å². The fourth-order valence-corrected chi connectivity index (χ4v) is 3.36. The number of furan rings is 1. The Morgan fingerprint density at radius 3 is 3.04 bits per heavy atom. The summed E-state index contributed by atoms with van der Waals surface area (Å²) in [7, 11) is 0. The third-order valence-electron chi connectivity index (χ3n) is 3.61. The van der Waals surface area contributed by atoms with Gasteiger partial charge in [0.1, 0.15) is 5.76 Å². The maximum atomic E-state index is 12.6. The molecule has 0 aliphatic carbocycles. The van der Waals surface area contributed by atoms with Crippen LogP contribution in [0.25, 0.3) is 10.7 Å². The molecule has 0 fully saturated rings. The number of carbonyl (C=O) groups excluding carboxylic acids is 1. The number of amides is 1. The van der Waals surface area contributed by atoms with Gasteiger partial charge in [-0.25, -0.2) is 0 Å². The van der Waals surface area contributed by atoms with E-state index in [1.165, 1.54) is 0 Å². The lowest BCUT2D eigenvalue weighted by Crippen LogP contribution is -2.31. The van der Waals surface area contributed by atoms with Crippen molar-refractivity contribution in [1.82, 2.24) is 19.7 Å². The van der Waals surface area contributed by atoms with Crippen LogP contribution in [-0.2, 0) is 17.9 Å². The molecule has 0 aliphatic heterocycles. The summed E-state index contributed by atoms with van der Waals surface area (Å²) >= 11 is 6.86. The van der Waals surface area contributed by atoms with Crippen LogP contribution in [0.4, 0.5) is 0 Å². The molecular formula is C17H16N4O2S2. The van der Waals surface area contributed by atoms with E-state index < -0.39 is 0 Å². The standard InChI is InChI=1S/C17H16N4O2S2/c1-2-8-20(12-13-5-3-10-23-13)15(22)7-9-21-16(18-19-17(21)24)14-6-4-11-25-14/h1,3-6,10-11H,7-9,12H2,(H,19,24). The molecule has 3 heterocycles. The van der Waals surface area contributed by atoms with E-state index in [0.717, 1.165) is 10.7 Å². The molecule has 6 nitrogen and oxygen atoms in total. The lowest BCUT2D eigenvalue weighted by atomic mass is 10.3. The van der Waals surface area contributed by atoms with Crippen LogP contribution in [-0.4, -0.2) is 32.1 Å². The lowest BCUT2D eigenvalue weighted by molar-refractivity contribution is -0.131. The van der Waals surface area contributed by atoms with Crippen molar-refractivity contribution in [1.29, 1.82) is 0 Å². The van der Waals surface area contributed by atoms with E-state index in [0.29, 0.717) is 23.6 Å². The van der Waals surface area contributed by atoms with Gasteiger partial charge in [-0.05, 0) is 35.8 Å². The number of rotatable bonds is 7. The number of thiophene rings is 1. The van der Waals surface area contributed by atoms with Crippen LogP contribution in [0.5, 0.6) is 0 Å². The summed E-state index contributed by atoms with van der Waals surface area (Å²) in [6, 6.07) is 7.52. The Hall–Kier alpha value is -2.63. The minimum atomic E-state index is -0.0606. The highest BCUT2D eigenvalue weighted by atomic mass is 32.1. The number of terminal acetylenes is 1. The molecule has 0 saturated carbocycles. The number of nitrogens with one attached hydrogen (secondary N) is 1. The summed E-state index contributed by atoms with van der Waals surface area (Å²) in [5.41, 5.74) is 0. The van der Waals surface area contributed by atoms with Crippen molar-refractivity contribution in [3.63, 3.8) is 0 Å². The molecule has 0 atom stereocenters. The SMILES string of the molecule is C#CCN(Cc1ccco1)C(=O)CCn1c(-c2cccs2)n[nH]c1=S. The van der Waals surface area contributed by atoms with Gasteiger partial charge >= 0.3 is 0 Å². The van der Waals surface area contributed by atoms with Gasteiger partial charge in [-0.3, -0.25) is 14.5 Å².